The first-order chi connectivity index (χ1) is 11.8. The van der Waals surface area contributed by atoms with Crippen molar-refractivity contribution in [3.8, 4) is 0 Å². The van der Waals surface area contributed by atoms with Gasteiger partial charge in [-0.25, -0.2) is 4.98 Å². The van der Waals surface area contributed by atoms with Gasteiger partial charge in [-0.05, 0) is 31.9 Å². The molecule has 0 saturated carbocycles. The third kappa shape index (κ3) is 3.37. The lowest BCUT2D eigenvalue weighted by atomic mass is 10.3. The van der Waals surface area contributed by atoms with Gasteiger partial charge in [0.1, 0.15) is 5.69 Å². The number of aryl methyl sites for hydroxylation is 3. The molecule has 0 aromatic carbocycles. The van der Waals surface area contributed by atoms with E-state index in [4.69, 9.17) is 0 Å². The quantitative estimate of drug-likeness (QED) is 0.744. The highest BCUT2D eigenvalue weighted by molar-refractivity contribution is 8.02. The van der Waals surface area contributed by atoms with E-state index < -0.39 is 0 Å². The Morgan fingerprint density at radius 2 is 2.21 bits per heavy atom. The molecule has 0 spiro atoms. The highest BCUT2D eigenvalue weighted by atomic mass is 32.2. The predicted molar refractivity (Wildman–Crippen MR) is 99.1 cm³/mol. The number of hydrogen-bond acceptors (Lipinski definition) is 6. The van der Waals surface area contributed by atoms with E-state index in [1.54, 1.807) is 29.3 Å². The lowest BCUT2D eigenvalue weighted by molar-refractivity contribution is 0.579. The Hall–Kier alpha value is -2.12. The van der Waals surface area contributed by atoms with Crippen LogP contribution in [0.25, 0.3) is 5.70 Å². The zero-order valence-electron chi connectivity index (χ0n) is 13.3. The summed E-state index contributed by atoms with van der Waals surface area (Å²) in [6.45, 7) is 2.96. The number of anilines is 1. The highest BCUT2D eigenvalue weighted by Gasteiger charge is 2.14. The largest absolute Gasteiger partial charge is 0.352 e. The van der Waals surface area contributed by atoms with Crippen LogP contribution in [0.1, 0.15) is 22.0 Å². The van der Waals surface area contributed by atoms with Crippen molar-refractivity contribution in [2.24, 2.45) is 0 Å². The van der Waals surface area contributed by atoms with Gasteiger partial charge in [-0.2, -0.15) is 5.10 Å². The molecule has 0 bridgehead atoms. The van der Waals surface area contributed by atoms with Crippen LogP contribution in [0.2, 0.25) is 0 Å². The monoisotopic (exact) mass is 355 g/mol. The summed E-state index contributed by atoms with van der Waals surface area (Å²) in [5.41, 5.74) is 3.09. The summed E-state index contributed by atoms with van der Waals surface area (Å²) in [5.74, 6) is 0. The molecule has 24 heavy (non-hydrogen) atoms. The zero-order chi connectivity index (χ0) is 16.4. The highest BCUT2D eigenvalue weighted by Crippen LogP contribution is 2.35. The molecule has 0 amide bonds. The minimum absolute atomic E-state index is 0.915. The van der Waals surface area contributed by atoms with Gasteiger partial charge in [0.15, 0.2) is 0 Å². The Balaban J connectivity index is 1.37. The number of nitrogens with zero attached hydrogens (tertiary/aromatic N) is 4. The first kappa shape index (κ1) is 15.4. The fraction of sp³-hybridized carbons (Fsp3) is 0.235. The Kier molecular flexibility index (Phi) is 4.36. The molecule has 0 fully saturated rings. The maximum absolute atomic E-state index is 4.69. The number of rotatable bonds is 5. The average Bonchev–Trinajstić information content (AvgIpc) is 3.24. The Bertz CT molecular complexity index is 881. The Labute approximate surface area is 148 Å². The maximum Gasteiger partial charge on any atom is 0.109 e. The number of pyridine rings is 1. The summed E-state index contributed by atoms with van der Waals surface area (Å²) in [7, 11) is 0. The van der Waals surface area contributed by atoms with Crippen molar-refractivity contribution >= 4 is 34.5 Å². The molecule has 3 aromatic rings. The van der Waals surface area contributed by atoms with E-state index in [1.807, 2.05) is 36.3 Å². The lowest BCUT2D eigenvalue weighted by Crippen LogP contribution is -2.06. The van der Waals surface area contributed by atoms with E-state index >= 15 is 0 Å². The molecule has 1 aliphatic rings. The van der Waals surface area contributed by atoms with Crippen molar-refractivity contribution in [3.63, 3.8) is 0 Å². The van der Waals surface area contributed by atoms with E-state index in [2.05, 4.69) is 31.9 Å². The smallest absolute Gasteiger partial charge is 0.109 e. The van der Waals surface area contributed by atoms with Gasteiger partial charge in [0.05, 0.1) is 21.3 Å². The van der Waals surface area contributed by atoms with E-state index in [1.165, 1.54) is 4.88 Å². The SMILES string of the molecule is Cc1ncc(CCCn2ccc(C3=CSc4cnccc4N3)n2)s1. The predicted octanol–water partition coefficient (Wildman–Crippen LogP) is 4.19. The summed E-state index contributed by atoms with van der Waals surface area (Å²) in [4.78, 5) is 10.9. The van der Waals surface area contributed by atoms with Gasteiger partial charge in [0.25, 0.3) is 0 Å². The topological polar surface area (TPSA) is 55.6 Å². The van der Waals surface area contributed by atoms with Crippen LogP contribution in [0.5, 0.6) is 0 Å². The van der Waals surface area contributed by atoms with Gasteiger partial charge in [0, 0.05) is 41.6 Å². The summed E-state index contributed by atoms with van der Waals surface area (Å²) >= 11 is 3.45. The summed E-state index contributed by atoms with van der Waals surface area (Å²) in [5, 5.41) is 11.3. The second kappa shape index (κ2) is 6.78. The van der Waals surface area contributed by atoms with Crippen LogP contribution in [0.4, 0.5) is 5.69 Å². The fourth-order valence-electron chi connectivity index (χ4n) is 2.56. The third-order valence-electron chi connectivity index (χ3n) is 3.75. The number of fused-ring (bicyclic) bond motifs is 1. The van der Waals surface area contributed by atoms with Crippen LogP contribution >= 0.6 is 23.1 Å². The normalized spacial score (nSPS) is 13.3. The number of thioether (sulfide) groups is 1. The molecule has 7 heteroatoms. The van der Waals surface area contributed by atoms with Gasteiger partial charge in [-0.3, -0.25) is 9.67 Å². The van der Waals surface area contributed by atoms with Crippen LogP contribution in [0.3, 0.4) is 0 Å². The summed E-state index contributed by atoms with van der Waals surface area (Å²) in [6.07, 6.45) is 9.82. The molecule has 0 saturated heterocycles. The van der Waals surface area contributed by atoms with Crippen LogP contribution < -0.4 is 5.32 Å². The van der Waals surface area contributed by atoms with Gasteiger partial charge >= 0.3 is 0 Å². The van der Waals surface area contributed by atoms with Crippen molar-refractivity contribution < 1.29 is 0 Å². The molecule has 0 aliphatic carbocycles. The van der Waals surface area contributed by atoms with Crippen molar-refractivity contribution in [3.05, 3.63) is 57.9 Å². The van der Waals surface area contributed by atoms with Crippen LogP contribution in [-0.2, 0) is 13.0 Å². The second-order valence-corrected chi connectivity index (χ2v) is 7.79. The van der Waals surface area contributed by atoms with E-state index in [-0.39, 0.29) is 0 Å². The third-order valence-corrected chi connectivity index (χ3v) is 5.66. The summed E-state index contributed by atoms with van der Waals surface area (Å²) in [6, 6.07) is 4.05. The van der Waals surface area contributed by atoms with E-state index in [9.17, 15) is 0 Å². The van der Waals surface area contributed by atoms with E-state index in [0.717, 1.165) is 46.4 Å². The van der Waals surface area contributed by atoms with Gasteiger partial charge in [0.2, 0.25) is 0 Å². The molecule has 0 atom stereocenters. The van der Waals surface area contributed by atoms with Crippen LogP contribution in [0.15, 0.2) is 47.2 Å². The van der Waals surface area contributed by atoms with Gasteiger partial charge in [-0.1, -0.05) is 11.8 Å². The first-order valence-corrected chi connectivity index (χ1v) is 9.50. The molecule has 122 valence electrons. The molecule has 5 nitrogen and oxygen atoms in total. The minimum Gasteiger partial charge on any atom is -0.352 e. The van der Waals surface area contributed by atoms with Gasteiger partial charge in [-0.15, -0.1) is 11.3 Å². The average molecular weight is 355 g/mol. The standard InChI is InChI=1S/C17H17N5S2/c1-12-19-9-13(24-12)3-2-7-22-8-5-14(21-22)16-11-23-17-10-18-6-4-15(17)20-16/h4-6,8-11,20H,2-3,7H2,1H3. The molecule has 3 aromatic heterocycles. The number of aromatic nitrogens is 4. The number of nitrogens with one attached hydrogen (secondary N) is 1. The molecule has 1 N–H and O–H groups in total. The van der Waals surface area contributed by atoms with Crippen molar-refractivity contribution in [1.29, 1.82) is 0 Å². The molecule has 1 aliphatic heterocycles. The molecular formula is C17H17N5S2. The maximum atomic E-state index is 4.69. The van der Waals surface area contributed by atoms with Gasteiger partial charge < -0.3 is 5.32 Å². The molecule has 0 unspecified atom stereocenters. The number of hydrogen-bond donors (Lipinski definition) is 1. The van der Waals surface area contributed by atoms with Crippen LogP contribution in [0, 0.1) is 6.92 Å². The minimum atomic E-state index is 0.915. The molecular weight excluding hydrogens is 338 g/mol. The lowest BCUT2D eigenvalue weighted by Gasteiger charge is -2.16. The van der Waals surface area contributed by atoms with E-state index in [0.29, 0.717) is 0 Å². The molecule has 4 heterocycles. The first-order valence-electron chi connectivity index (χ1n) is 7.81. The summed E-state index contributed by atoms with van der Waals surface area (Å²) < 4.78 is 2.01. The van der Waals surface area contributed by atoms with Crippen molar-refractivity contribution in [2.45, 2.75) is 31.2 Å². The Morgan fingerprint density at radius 3 is 3.08 bits per heavy atom. The molecule has 0 radical (unpaired) electrons. The van der Waals surface area contributed by atoms with Crippen LogP contribution in [-0.4, -0.2) is 19.7 Å². The fourth-order valence-corrected chi connectivity index (χ4v) is 4.19. The van der Waals surface area contributed by atoms with Crippen molar-refractivity contribution in [2.75, 3.05) is 5.32 Å². The van der Waals surface area contributed by atoms with Crippen molar-refractivity contribution in [1.82, 2.24) is 19.7 Å². The zero-order valence-corrected chi connectivity index (χ0v) is 14.9. The molecule has 4 rings (SSSR count). The Morgan fingerprint density at radius 1 is 1.25 bits per heavy atom. The second-order valence-electron chi connectivity index (χ2n) is 5.56. The number of thiazole rings is 1.